The highest BCUT2D eigenvalue weighted by Crippen LogP contribution is 2.29. The quantitative estimate of drug-likeness (QED) is 0.858. The molecular formula is C16H13BrClNO2. The van der Waals surface area contributed by atoms with E-state index >= 15 is 0 Å². The molecule has 1 heterocycles. The number of ether oxygens (including phenoxy) is 1. The lowest BCUT2D eigenvalue weighted by molar-refractivity contribution is -0.128. The zero-order valence-electron chi connectivity index (χ0n) is 11.1. The van der Waals surface area contributed by atoms with Crippen LogP contribution in [-0.4, -0.2) is 12.5 Å². The zero-order valence-corrected chi connectivity index (χ0v) is 13.4. The molecule has 3 nitrogen and oxygen atoms in total. The summed E-state index contributed by atoms with van der Waals surface area (Å²) in [5.74, 6) is -0.170. The third-order valence-electron chi connectivity index (χ3n) is 3.42. The molecule has 1 aliphatic rings. The van der Waals surface area contributed by atoms with Crippen LogP contribution in [0.4, 0.5) is 5.69 Å². The number of hydrogen-bond acceptors (Lipinski definition) is 2. The van der Waals surface area contributed by atoms with E-state index in [9.17, 15) is 4.79 Å². The summed E-state index contributed by atoms with van der Waals surface area (Å²) in [6, 6.07) is 13.2. The maximum atomic E-state index is 12.4. The minimum absolute atomic E-state index is 0.170. The van der Waals surface area contributed by atoms with Crippen LogP contribution in [0.25, 0.3) is 0 Å². The van der Waals surface area contributed by atoms with Crippen LogP contribution >= 0.6 is 27.5 Å². The number of carbonyl (C=O) groups is 1. The minimum atomic E-state index is -0.565. The Morgan fingerprint density at radius 1 is 1.29 bits per heavy atom. The molecule has 1 aliphatic heterocycles. The number of carbonyl (C=O) groups excluding carboxylic acids is 1. The lowest BCUT2D eigenvalue weighted by Gasteiger charge is -2.25. The third-order valence-corrected chi connectivity index (χ3v) is 4.63. The van der Waals surface area contributed by atoms with Gasteiger partial charge >= 0.3 is 0 Å². The minimum Gasteiger partial charge on any atom is -0.363 e. The number of halogens is 2. The Hall–Kier alpha value is -1.36. The second-order valence-corrected chi connectivity index (χ2v) is 6.08. The predicted octanol–water partition coefficient (Wildman–Crippen LogP) is 4.36. The summed E-state index contributed by atoms with van der Waals surface area (Å²) in [5.41, 5.74) is 2.79. The standard InChI is InChI=1S/C16H13BrClNO2/c17-13-9-11(5-6-14(13)18)19-16(20)15-12-4-2-1-3-10(12)7-8-21-15/h1-6,9,15H,7-8H2,(H,19,20). The highest BCUT2D eigenvalue weighted by atomic mass is 79.9. The van der Waals surface area contributed by atoms with E-state index in [2.05, 4.69) is 21.2 Å². The smallest absolute Gasteiger partial charge is 0.258 e. The maximum absolute atomic E-state index is 12.4. The molecule has 1 amide bonds. The van der Waals surface area contributed by atoms with Crippen molar-refractivity contribution in [1.82, 2.24) is 0 Å². The van der Waals surface area contributed by atoms with Gasteiger partial charge in [-0.2, -0.15) is 0 Å². The molecule has 0 fully saturated rings. The topological polar surface area (TPSA) is 38.3 Å². The van der Waals surface area contributed by atoms with Crippen molar-refractivity contribution in [2.45, 2.75) is 12.5 Å². The Bertz CT molecular complexity index is 690. The molecule has 0 bridgehead atoms. The molecule has 0 aliphatic carbocycles. The van der Waals surface area contributed by atoms with Crippen LogP contribution in [-0.2, 0) is 16.0 Å². The number of anilines is 1. The van der Waals surface area contributed by atoms with Crippen molar-refractivity contribution in [2.24, 2.45) is 0 Å². The molecule has 2 aromatic carbocycles. The molecular weight excluding hydrogens is 354 g/mol. The summed E-state index contributed by atoms with van der Waals surface area (Å²) in [4.78, 5) is 12.4. The second kappa shape index (κ2) is 6.18. The van der Waals surface area contributed by atoms with Crippen LogP contribution < -0.4 is 5.32 Å². The normalized spacial score (nSPS) is 17.1. The molecule has 1 N–H and O–H groups in total. The summed E-state index contributed by atoms with van der Waals surface area (Å²) in [7, 11) is 0. The SMILES string of the molecule is O=C(Nc1ccc(Cl)c(Br)c1)C1OCCc2ccccc21. The number of hydrogen-bond donors (Lipinski definition) is 1. The van der Waals surface area contributed by atoms with Crippen molar-refractivity contribution in [1.29, 1.82) is 0 Å². The van der Waals surface area contributed by atoms with Gasteiger partial charge in [0, 0.05) is 10.2 Å². The first-order chi connectivity index (χ1) is 10.1. The van der Waals surface area contributed by atoms with E-state index in [1.165, 1.54) is 5.56 Å². The number of rotatable bonds is 2. The van der Waals surface area contributed by atoms with Gasteiger partial charge in [0.05, 0.1) is 11.6 Å². The van der Waals surface area contributed by atoms with E-state index in [-0.39, 0.29) is 5.91 Å². The van der Waals surface area contributed by atoms with Crippen molar-refractivity contribution >= 4 is 39.1 Å². The Morgan fingerprint density at radius 3 is 2.90 bits per heavy atom. The van der Waals surface area contributed by atoms with E-state index < -0.39 is 6.10 Å². The fourth-order valence-electron chi connectivity index (χ4n) is 2.39. The van der Waals surface area contributed by atoms with E-state index in [1.54, 1.807) is 18.2 Å². The summed E-state index contributed by atoms with van der Waals surface area (Å²) in [6.07, 6.45) is 0.274. The van der Waals surface area contributed by atoms with Gasteiger partial charge in [0.2, 0.25) is 0 Å². The first-order valence-corrected chi connectivity index (χ1v) is 7.77. The summed E-state index contributed by atoms with van der Waals surface area (Å²) in [6.45, 7) is 0.555. The highest BCUT2D eigenvalue weighted by Gasteiger charge is 2.27. The third kappa shape index (κ3) is 3.12. The average Bonchev–Trinajstić information content (AvgIpc) is 2.50. The van der Waals surface area contributed by atoms with Crippen LogP contribution in [0.5, 0.6) is 0 Å². The van der Waals surface area contributed by atoms with Gasteiger partial charge in [0.1, 0.15) is 0 Å². The van der Waals surface area contributed by atoms with E-state index in [1.807, 2.05) is 24.3 Å². The largest absolute Gasteiger partial charge is 0.363 e. The van der Waals surface area contributed by atoms with E-state index in [0.717, 1.165) is 16.5 Å². The van der Waals surface area contributed by atoms with Gasteiger partial charge in [-0.25, -0.2) is 0 Å². The number of benzene rings is 2. The van der Waals surface area contributed by atoms with E-state index in [4.69, 9.17) is 16.3 Å². The Balaban J connectivity index is 1.81. The fraction of sp³-hybridized carbons (Fsp3) is 0.188. The van der Waals surface area contributed by atoms with Crippen molar-refractivity contribution in [3.05, 3.63) is 63.1 Å². The van der Waals surface area contributed by atoms with Gasteiger partial charge in [0.25, 0.3) is 5.91 Å². The number of fused-ring (bicyclic) bond motifs is 1. The Morgan fingerprint density at radius 2 is 2.10 bits per heavy atom. The molecule has 2 aromatic rings. The van der Waals surface area contributed by atoms with Crippen LogP contribution in [0.1, 0.15) is 17.2 Å². The van der Waals surface area contributed by atoms with Gasteiger partial charge in [-0.1, -0.05) is 35.9 Å². The molecule has 1 unspecified atom stereocenters. The van der Waals surface area contributed by atoms with Gasteiger partial charge < -0.3 is 10.1 Å². The first-order valence-electron chi connectivity index (χ1n) is 6.60. The number of nitrogens with one attached hydrogen (secondary N) is 1. The van der Waals surface area contributed by atoms with Gasteiger partial charge in [-0.3, -0.25) is 4.79 Å². The monoisotopic (exact) mass is 365 g/mol. The molecule has 108 valence electrons. The molecule has 1 atom stereocenters. The first kappa shape index (κ1) is 14.6. The van der Waals surface area contributed by atoms with Crippen molar-refractivity contribution in [3.63, 3.8) is 0 Å². The number of amides is 1. The Kier molecular flexibility index (Phi) is 4.29. The summed E-state index contributed by atoms with van der Waals surface area (Å²) >= 11 is 9.29. The predicted molar refractivity (Wildman–Crippen MR) is 86.6 cm³/mol. The molecule has 21 heavy (non-hydrogen) atoms. The van der Waals surface area contributed by atoms with Crippen molar-refractivity contribution in [3.8, 4) is 0 Å². The lowest BCUT2D eigenvalue weighted by Crippen LogP contribution is -2.28. The summed E-state index contributed by atoms with van der Waals surface area (Å²) in [5, 5.41) is 3.47. The van der Waals surface area contributed by atoms with Crippen LogP contribution in [0.15, 0.2) is 46.9 Å². The maximum Gasteiger partial charge on any atom is 0.258 e. The second-order valence-electron chi connectivity index (χ2n) is 4.82. The van der Waals surface area contributed by atoms with Crippen molar-refractivity contribution in [2.75, 3.05) is 11.9 Å². The molecule has 0 aromatic heterocycles. The zero-order chi connectivity index (χ0) is 14.8. The Labute approximate surface area is 136 Å². The van der Waals surface area contributed by atoms with Gasteiger partial charge in [-0.15, -0.1) is 0 Å². The van der Waals surface area contributed by atoms with Crippen LogP contribution in [0, 0.1) is 0 Å². The van der Waals surface area contributed by atoms with Gasteiger partial charge in [0.15, 0.2) is 6.10 Å². The van der Waals surface area contributed by atoms with Crippen molar-refractivity contribution < 1.29 is 9.53 Å². The molecule has 0 spiro atoms. The molecule has 0 saturated carbocycles. The van der Waals surface area contributed by atoms with Crippen LogP contribution in [0.2, 0.25) is 5.02 Å². The lowest BCUT2D eigenvalue weighted by atomic mass is 9.97. The highest BCUT2D eigenvalue weighted by molar-refractivity contribution is 9.10. The van der Waals surface area contributed by atoms with Crippen LogP contribution in [0.3, 0.4) is 0 Å². The average molecular weight is 367 g/mol. The van der Waals surface area contributed by atoms with Gasteiger partial charge in [-0.05, 0) is 51.7 Å². The van der Waals surface area contributed by atoms with E-state index in [0.29, 0.717) is 17.3 Å². The summed E-state index contributed by atoms with van der Waals surface area (Å²) < 4.78 is 6.39. The molecule has 3 rings (SSSR count). The molecule has 5 heteroatoms. The fourth-order valence-corrected chi connectivity index (χ4v) is 2.89. The molecule has 0 saturated heterocycles. The molecule has 0 radical (unpaired) electrons.